The summed E-state index contributed by atoms with van der Waals surface area (Å²) in [6.07, 6.45) is 0. The van der Waals surface area contributed by atoms with Gasteiger partial charge in [0.1, 0.15) is 15.9 Å². The summed E-state index contributed by atoms with van der Waals surface area (Å²) in [5, 5.41) is 4.80. The molecule has 0 saturated heterocycles. The lowest BCUT2D eigenvalue weighted by Gasteiger charge is -2.08. The van der Waals surface area contributed by atoms with Crippen molar-refractivity contribution in [1.82, 2.24) is 14.7 Å². The van der Waals surface area contributed by atoms with Gasteiger partial charge in [-0.15, -0.1) is 11.3 Å². The molecule has 2 aromatic heterocycles. The monoisotopic (exact) mass is 312 g/mol. The highest BCUT2D eigenvalue weighted by Crippen LogP contribution is 2.14. The maximum Gasteiger partial charge on any atom is 0.250 e. The second-order valence-corrected chi connectivity index (χ2v) is 7.14. The topological polar surface area (TPSA) is 84.0 Å². The predicted molar refractivity (Wildman–Crippen MR) is 79.5 cm³/mol. The van der Waals surface area contributed by atoms with Crippen LogP contribution in [0.2, 0.25) is 0 Å². The zero-order valence-electron chi connectivity index (χ0n) is 11.3. The SMILES string of the molecule is Cc1cc(NCCNS(=O)(=O)c2cccs2)nc(C)n1. The molecule has 8 heteroatoms. The van der Waals surface area contributed by atoms with Crippen molar-refractivity contribution in [2.45, 2.75) is 18.1 Å². The van der Waals surface area contributed by atoms with Crippen LogP contribution in [0.1, 0.15) is 11.5 Å². The fourth-order valence-corrected chi connectivity index (χ4v) is 3.74. The Morgan fingerprint density at radius 3 is 2.70 bits per heavy atom. The maximum absolute atomic E-state index is 11.9. The average Bonchev–Trinajstić information content (AvgIpc) is 2.88. The highest BCUT2D eigenvalue weighted by atomic mass is 32.2. The Morgan fingerprint density at radius 2 is 2.05 bits per heavy atom. The first-order valence-corrected chi connectivity index (χ1v) is 8.43. The zero-order chi connectivity index (χ0) is 14.6. The largest absolute Gasteiger partial charge is 0.369 e. The second-order valence-electron chi connectivity index (χ2n) is 4.20. The Morgan fingerprint density at radius 1 is 1.25 bits per heavy atom. The van der Waals surface area contributed by atoms with E-state index in [0.29, 0.717) is 28.9 Å². The van der Waals surface area contributed by atoms with Gasteiger partial charge in [-0.25, -0.2) is 23.1 Å². The summed E-state index contributed by atoms with van der Waals surface area (Å²) < 4.78 is 26.6. The summed E-state index contributed by atoms with van der Waals surface area (Å²) in [6.45, 7) is 4.46. The van der Waals surface area contributed by atoms with E-state index in [1.165, 1.54) is 11.3 Å². The van der Waals surface area contributed by atoms with Gasteiger partial charge in [-0.1, -0.05) is 6.07 Å². The van der Waals surface area contributed by atoms with E-state index < -0.39 is 10.0 Å². The van der Waals surface area contributed by atoms with Crippen molar-refractivity contribution in [1.29, 1.82) is 0 Å². The lowest BCUT2D eigenvalue weighted by atomic mass is 10.4. The van der Waals surface area contributed by atoms with Crippen molar-refractivity contribution in [2.24, 2.45) is 0 Å². The molecule has 0 aliphatic carbocycles. The molecule has 0 atom stereocenters. The minimum absolute atomic E-state index is 0.294. The highest BCUT2D eigenvalue weighted by Gasteiger charge is 2.13. The first-order valence-electron chi connectivity index (χ1n) is 6.07. The van der Waals surface area contributed by atoms with Crippen LogP contribution in [-0.4, -0.2) is 31.5 Å². The summed E-state index contributed by atoms with van der Waals surface area (Å²) >= 11 is 1.20. The van der Waals surface area contributed by atoms with E-state index in [4.69, 9.17) is 0 Å². The molecule has 0 spiro atoms. The number of aryl methyl sites for hydroxylation is 2. The van der Waals surface area contributed by atoms with Crippen molar-refractivity contribution < 1.29 is 8.42 Å². The molecule has 2 rings (SSSR count). The molecule has 6 nitrogen and oxygen atoms in total. The molecule has 0 aliphatic heterocycles. The highest BCUT2D eigenvalue weighted by molar-refractivity contribution is 7.91. The third-order valence-electron chi connectivity index (χ3n) is 2.45. The number of hydrogen-bond acceptors (Lipinski definition) is 6. The number of sulfonamides is 1. The van der Waals surface area contributed by atoms with Crippen molar-refractivity contribution in [3.8, 4) is 0 Å². The van der Waals surface area contributed by atoms with Gasteiger partial charge < -0.3 is 5.32 Å². The quantitative estimate of drug-likeness (QED) is 0.791. The van der Waals surface area contributed by atoms with Gasteiger partial charge in [0.2, 0.25) is 10.0 Å². The van der Waals surface area contributed by atoms with Crippen LogP contribution in [-0.2, 0) is 10.0 Å². The molecule has 0 fully saturated rings. The number of anilines is 1. The first kappa shape index (κ1) is 14.9. The van der Waals surface area contributed by atoms with Crippen LogP contribution < -0.4 is 10.0 Å². The van der Waals surface area contributed by atoms with Crippen molar-refractivity contribution in [3.05, 3.63) is 35.1 Å². The van der Waals surface area contributed by atoms with Crippen LogP contribution in [0.5, 0.6) is 0 Å². The van der Waals surface area contributed by atoms with E-state index in [1.807, 2.05) is 19.9 Å². The molecule has 2 N–H and O–H groups in total. The molecule has 0 aliphatic rings. The van der Waals surface area contributed by atoms with Gasteiger partial charge in [0.15, 0.2) is 0 Å². The van der Waals surface area contributed by atoms with E-state index in [2.05, 4.69) is 20.0 Å². The third kappa shape index (κ3) is 3.99. The molecule has 0 amide bonds. The standard InChI is InChI=1S/C12H16N4O2S2/c1-9-8-11(16-10(2)15-9)13-5-6-14-20(17,18)12-4-3-7-19-12/h3-4,7-8,14H,5-6H2,1-2H3,(H,13,15,16). The van der Waals surface area contributed by atoms with Crippen molar-refractivity contribution >= 4 is 27.2 Å². The zero-order valence-corrected chi connectivity index (χ0v) is 12.9. The molecule has 0 bridgehead atoms. The molecule has 20 heavy (non-hydrogen) atoms. The molecular formula is C12H16N4O2S2. The van der Waals surface area contributed by atoms with Gasteiger partial charge >= 0.3 is 0 Å². The minimum atomic E-state index is -3.39. The Labute approximate surface area is 122 Å². The van der Waals surface area contributed by atoms with Gasteiger partial charge in [-0.05, 0) is 25.3 Å². The predicted octanol–water partition coefficient (Wildman–Crippen LogP) is 1.55. The average molecular weight is 312 g/mol. The Bertz CT molecular complexity index is 649. The van der Waals surface area contributed by atoms with Crippen LogP contribution in [0.25, 0.3) is 0 Å². The first-order chi connectivity index (χ1) is 9.47. The van der Waals surface area contributed by atoms with Gasteiger partial charge in [0.05, 0.1) is 0 Å². The van der Waals surface area contributed by atoms with Gasteiger partial charge in [-0.3, -0.25) is 0 Å². The summed E-state index contributed by atoms with van der Waals surface area (Å²) in [5.74, 6) is 1.39. The van der Waals surface area contributed by atoms with E-state index >= 15 is 0 Å². The molecule has 2 heterocycles. The molecule has 2 aromatic rings. The fourth-order valence-electron chi connectivity index (χ4n) is 1.67. The number of rotatable bonds is 6. The lowest BCUT2D eigenvalue weighted by Crippen LogP contribution is -2.28. The van der Waals surface area contributed by atoms with Crippen LogP contribution in [0.4, 0.5) is 5.82 Å². The molecule has 0 unspecified atom stereocenters. The number of hydrogen-bond donors (Lipinski definition) is 2. The van der Waals surface area contributed by atoms with E-state index in [-0.39, 0.29) is 0 Å². The molecule has 0 saturated carbocycles. The number of nitrogens with one attached hydrogen (secondary N) is 2. The molecule has 0 radical (unpaired) electrons. The van der Waals surface area contributed by atoms with Crippen LogP contribution in [0.3, 0.4) is 0 Å². The summed E-state index contributed by atoms with van der Waals surface area (Å²) in [5.41, 5.74) is 0.874. The van der Waals surface area contributed by atoms with E-state index in [9.17, 15) is 8.42 Å². The number of thiophene rings is 1. The summed E-state index contributed by atoms with van der Waals surface area (Å²) in [7, 11) is -3.39. The Balaban J connectivity index is 1.85. The molecule has 108 valence electrons. The Kier molecular flexibility index (Phi) is 4.69. The second kappa shape index (κ2) is 6.29. The van der Waals surface area contributed by atoms with E-state index in [1.54, 1.807) is 17.5 Å². The molecule has 0 aromatic carbocycles. The minimum Gasteiger partial charge on any atom is -0.369 e. The van der Waals surface area contributed by atoms with Gasteiger partial charge in [-0.2, -0.15) is 0 Å². The summed E-state index contributed by atoms with van der Waals surface area (Å²) in [4.78, 5) is 8.39. The van der Waals surface area contributed by atoms with E-state index in [0.717, 1.165) is 5.69 Å². The third-order valence-corrected chi connectivity index (χ3v) is 5.31. The van der Waals surface area contributed by atoms with Gasteiger partial charge in [0.25, 0.3) is 0 Å². The van der Waals surface area contributed by atoms with Crippen molar-refractivity contribution in [3.63, 3.8) is 0 Å². The normalized spacial score (nSPS) is 11.5. The fraction of sp³-hybridized carbons (Fsp3) is 0.333. The Hall–Kier alpha value is -1.51. The van der Waals surface area contributed by atoms with Crippen molar-refractivity contribution in [2.75, 3.05) is 18.4 Å². The van der Waals surface area contributed by atoms with Crippen LogP contribution in [0, 0.1) is 13.8 Å². The lowest BCUT2D eigenvalue weighted by molar-refractivity contribution is 0.585. The number of nitrogens with zero attached hydrogens (tertiary/aromatic N) is 2. The smallest absolute Gasteiger partial charge is 0.250 e. The van der Waals surface area contributed by atoms with Crippen LogP contribution in [0.15, 0.2) is 27.8 Å². The molecular weight excluding hydrogens is 296 g/mol. The van der Waals surface area contributed by atoms with Crippen LogP contribution >= 0.6 is 11.3 Å². The summed E-state index contributed by atoms with van der Waals surface area (Å²) in [6, 6.07) is 5.11. The number of aromatic nitrogens is 2. The van der Waals surface area contributed by atoms with Gasteiger partial charge in [0, 0.05) is 24.8 Å². The maximum atomic E-state index is 11.9.